The number of fused-ring (bicyclic) bond motifs is 1. The molecule has 230 valence electrons. The summed E-state index contributed by atoms with van der Waals surface area (Å²) in [4.78, 5) is 49.3. The van der Waals surface area contributed by atoms with Gasteiger partial charge in [-0.25, -0.2) is 0 Å². The number of carbonyl (C=O) groups is 3. The summed E-state index contributed by atoms with van der Waals surface area (Å²) in [6.07, 6.45) is 4.97. The van der Waals surface area contributed by atoms with Crippen LogP contribution in [0.4, 0.5) is 0 Å². The van der Waals surface area contributed by atoms with Gasteiger partial charge in [-0.15, -0.1) is 24.9 Å². The molecule has 3 fully saturated rings. The van der Waals surface area contributed by atoms with Crippen molar-refractivity contribution >= 4 is 29.5 Å². The third-order valence-electron chi connectivity index (χ3n) is 9.81. The molecule has 42 heavy (non-hydrogen) atoms. The zero-order valence-electron chi connectivity index (χ0n) is 26.2. The minimum absolute atomic E-state index is 0.0195. The number of rotatable bonds is 12. The minimum Gasteiger partial charge on any atom is -0.394 e. The molecule has 3 unspecified atom stereocenters. The highest BCUT2D eigenvalue weighted by Gasteiger charge is 2.77. The number of hydrogen-bond donors (Lipinski definition) is 1. The normalized spacial score (nSPS) is 29.6. The molecule has 1 aromatic rings. The average molecular weight is 596 g/mol. The van der Waals surface area contributed by atoms with Gasteiger partial charge in [0.25, 0.3) is 0 Å². The number of aliphatic hydroxyl groups is 1. The summed E-state index contributed by atoms with van der Waals surface area (Å²) in [6.45, 7) is 20.9. The van der Waals surface area contributed by atoms with E-state index in [2.05, 4.69) is 20.1 Å². The lowest BCUT2D eigenvalue weighted by atomic mass is 9.65. The number of aliphatic hydroxyl groups excluding tert-OH is 1. The van der Waals surface area contributed by atoms with Crippen LogP contribution >= 0.6 is 11.8 Å². The van der Waals surface area contributed by atoms with Crippen LogP contribution in [0.1, 0.15) is 59.9 Å². The molecule has 3 saturated heterocycles. The van der Waals surface area contributed by atoms with Crippen molar-refractivity contribution in [2.75, 3.05) is 19.7 Å². The van der Waals surface area contributed by atoms with Crippen LogP contribution in [0.5, 0.6) is 0 Å². The predicted molar refractivity (Wildman–Crippen MR) is 170 cm³/mol. The summed E-state index contributed by atoms with van der Waals surface area (Å²) in [5, 5.41) is 10.6. The molecule has 8 heteroatoms. The number of likely N-dealkylation sites (tertiary alicyclic amines) is 1. The lowest BCUT2D eigenvalue weighted by molar-refractivity contribution is -0.150. The Kier molecular flexibility index (Phi) is 9.68. The maximum Gasteiger partial charge on any atom is 0.247 e. The molecule has 0 saturated carbocycles. The smallest absolute Gasteiger partial charge is 0.247 e. The first-order valence-corrected chi connectivity index (χ1v) is 16.2. The van der Waals surface area contributed by atoms with E-state index in [-0.39, 0.29) is 41.4 Å². The first-order valence-electron chi connectivity index (χ1n) is 15.4. The third-order valence-corrected chi connectivity index (χ3v) is 11.9. The van der Waals surface area contributed by atoms with Crippen molar-refractivity contribution in [3.8, 4) is 0 Å². The first kappa shape index (κ1) is 32.3. The first-order chi connectivity index (χ1) is 19.9. The summed E-state index contributed by atoms with van der Waals surface area (Å²) in [6, 6.07) is 8.57. The van der Waals surface area contributed by atoms with Crippen LogP contribution < -0.4 is 0 Å². The molecule has 0 aliphatic carbocycles. The van der Waals surface area contributed by atoms with E-state index in [0.29, 0.717) is 19.6 Å². The Balaban J connectivity index is 1.83. The third kappa shape index (κ3) is 5.34. The number of thioether (sulfide) groups is 1. The fourth-order valence-electron chi connectivity index (χ4n) is 7.57. The molecule has 3 aliphatic rings. The number of nitrogens with zero attached hydrogens (tertiary/aromatic N) is 3. The molecule has 3 amide bonds. The van der Waals surface area contributed by atoms with E-state index in [4.69, 9.17) is 0 Å². The maximum absolute atomic E-state index is 14.8. The van der Waals surface area contributed by atoms with Gasteiger partial charge < -0.3 is 19.8 Å². The molecular formula is C34H49N3O4S. The van der Waals surface area contributed by atoms with E-state index in [0.717, 1.165) is 18.4 Å². The zero-order chi connectivity index (χ0) is 31.0. The summed E-state index contributed by atoms with van der Waals surface area (Å²) >= 11 is 1.68. The minimum atomic E-state index is -0.773. The van der Waals surface area contributed by atoms with E-state index < -0.39 is 34.2 Å². The van der Waals surface area contributed by atoms with Gasteiger partial charge in [0.05, 0.1) is 29.2 Å². The van der Waals surface area contributed by atoms with Gasteiger partial charge in [-0.05, 0) is 44.6 Å². The molecule has 1 N–H and O–H groups in total. The van der Waals surface area contributed by atoms with Gasteiger partial charge in [-0.1, -0.05) is 69.7 Å². The van der Waals surface area contributed by atoms with Gasteiger partial charge in [-0.3, -0.25) is 14.4 Å². The predicted octanol–water partition coefficient (Wildman–Crippen LogP) is 4.76. The molecule has 2 bridgehead atoms. The van der Waals surface area contributed by atoms with Crippen LogP contribution in [0.25, 0.3) is 0 Å². The van der Waals surface area contributed by atoms with Gasteiger partial charge in [0.15, 0.2) is 0 Å². The summed E-state index contributed by atoms with van der Waals surface area (Å²) in [7, 11) is 0. The molecule has 3 aliphatic heterocycles. The van der Waals surface area contributed by atoms with Crippen LogP contribution in [0.15, 0.2) is 55.6 Å². The standard InChI is InChI=1S/C34H49N3O4S/c1-9-17-35(20-24-15-13-12-14-16-24)30(39)27-26-19-23(5)34(42-26)28(27)31(40)37(25(21-38)22(4)11-3)29(34)32(41)36(18-10-2)33(6,7)8/h9-10,12-16,22-23,25-29,38H,1-2,11,17-21H2,3-8H3/t22-,23?,25-,26-,27+,28-,29?,34?/m0/s1. The van der Waals surface area contributed by atoms with Crippen LogP contribution in [0, 0.1) is 23.7 Å². The molecule has 4 rings (SSSR count). The average Bonchev–Trinajstić information content (AvgIpc) is 3.55. The highest BCUT2D eigenvalue weighted by Crippen LogP contribution is 2.69. The van der Waals surface area contributed by atoms with E-state index in [1.165, 1.54) is 0 Å². The largest absolute Gasteiger partial charge is 0.394 e. The lowest BCUT2D eigenvalue weighted by Gasteiger charge is -2.45. The van der Waals surface area contributed by atoms with Crippen LogP contribution in [-0.4, -0.2) is 84.8 Å². The lowest BCUT2D eigenvalue weighted by Crippen LogP contribution is -2.62. The molecule has 1 aromatic carbocycles. The van der Waals surface area contributed by atoms with Crippen molar-refractivity contribution in [2.45, 2.75) is 88.5 Å². The molecular weight excluding hydrogens is 546 g/mol. The molecule has 0 aromatic heterocycles. The Labute approximate surface area is 256 Å². The van der Waals surface area contributed by atoms with Gasteiger partial charge >= 0.3 is 0 Å². The second-order valence-corrected chi connectivity index (χ2v) is 14.9. The molecule has 7 nitrogen and oxygen atoms in total. The number of carbonyl (C=O) groups excluding carboxylic acids is 3. The number of hydrogen-bond acceptors (Lipinski definition) is 5. The van der Waals surface area contributed by atoms with Crippen molar-refractivity contribution < 1.29 is 19.5 Å². The van der Waals surface area contributed by atoms with Gasteiger partial charge in [-0.2, -0.15) is 0 Å². The highest BCUT2D eigenvalue weighted by molar-refractivity contribution is 8.02. The Hall–Kier alpha value is -2.58. The number of benzene rings is 1. The zero-order valence-corrected chi connectivity index (χ0v) is 27.0. The van der Waals surface area contributed by atoms with E-state index >= 15 is 0 Å². The second-order valence-electron chi connectivity index (χ2n) is 13.3. The van der Waals surface area contributed by atoms with Crippen molar-refractivity contribution in [3.63, 3.8) is 0 Å². The fraction of sp³-hybridized carbons (Fsp3) is 0.618. The highest BCUT2D eigenvalue weighted by atomic mass is 32.2. The van der Waals surface area contributed by atoms with Crippen LogP contribution in [0.2, 0.25) is 0 Å². The fourth-order valence-corrected chi connectivity index (χ4v) is 9.96. The van der Waals surface area contributed by atoms with Crippen molar-refractivity contribution in [2.24, 2.45) is 23.7 Å². The van der Waals surface area contributed by atoms with E-state index in [9.17, 15) is 19.5 Å². The summed E-state index contributed by atoms with van der Waals surface area (Å²) in [5.41, 5.74) is 0.511. The van der Waals surface area contributed by atoms with Crippen LogP contribution in [-0.2, 0) is 20.9 Å². The summed E-state index contributed by atoms with van der Waals surface area (Å²) < 4.78 is -0.753. The molecule has 0 radical (unpaired) electrons. The Morgan fingerprint density at radius 3 is 2.36 bits per heavy atom. The monoisotopic (exact) mass is 595 g/mol. The summed E-state index contributed by atoms with van der Waals surface area (Å²) in [5.74, 6) is -1.49. The quantitative estimate of drug-likeness (QED) is 0.353. The van der Waals surface area contributed by atoms with E-state index in [1.807, 2.05) is 69.9 Å². The van der Waals surface area contributed by atoms with Gasteiger partial charge in [0.2, 0.25) is 17.7 Å². The Morgan fingerprint density at radius 2 is 1.81 bits per heavy atom. The maximum atomic E-state index is 14.8. The SMILES string of the molecule is C=CCN(Cc1ccccc1)C(=O)[C@@H]1[C@@H]2CC(C)C3(S2)C(C(=O)N(CC=C)C(C)(C)C)N([C@@H](CO)[C@@H](C)CC)C(=O)[C@H]13. The van der Waals surface area contributed by atoms with E-state index in [1.54, 1.807) is 33.7 Å². The van der Waals surface area contributed by atoms with Crippen molar-refractivity contribution in [3.05, 3.63) is 61.2 Å². The van der Waals surface area contributed by atoms with Crippen LogP contribution in [0.3, 0.4) is 0 Å². The molecule has 8 atom stereocenters. The Bertz CT molecular complexity index is 1180. The van der Waals surface area contributed by atoms with Crippen molar-refractivity contribution in [1.29, 1.82) is 0 Å². The molecule has 3 heterocycles. The van der Waals surface area contributed by atoms with Gasteiger partial charge in [0.1, 0.15) is 6.04 Å². The Morgan fingerprint density at radius 1 is 1.17 bits per heavy atom. The topological polar surface area (TPSA) is 81.2 Å². The second kappa shape index (κ2) is 12.6. The number of amides is 3. The molecule has 1 spiro atoms. The van der Waals surface area contributed by atoms with Crippen molar-refractivity contribution in [1.82, 2.24) is 14.7 Å². The van der Waals surface area contributed by atoms with Gasteiger partial charge in [0, 0.05) is 30.4 Å².